The Balaban J connectivity index is 1.95. The van der Waals surface area contributed by atoms with Crippen molar-refractivity contribution in [3.63, 3.8) is 0 Å². The molecule has 0 bridgehead atoms. The van der Waals surface area contributed by atoms with Crippen LogP contribution in [0, 0.1) is 5.82 Å². The topological polar surface area (TPSA) is 20.3 Å². The quantitative estimate of drug-likeness (QED) is 0.660. The third-order valence-corrected chi connectivity index (χ3v) is 5.13. The summed E-state index contributed by atoms with van der Waals surface area (Å²) in [5, 5.41) is 2.35. The molecule has 2 heterocycles. The van der Waals surface area contributed by atoms with Crippen LogP contribution in [-0.2, 0) is 6.42 Å². The molecule has 0 saturated heterocycles. The Morgan fingerprint density at radius 3 is 2.86 bits per heavy atom. The average Bonchev–Trinajstić information content (AvgIpc) is 2.84. The van der Waals surface area contributed by atoms with Crippen molar-refractivity contribution in [2.24, 2.45) is 0 Å². The molecule has 0 radical (unpaired) electrons. The molecule has 1 atom stereocenters. The fourth-order valence-electron chi connectivity index (χ4n) is 3.19. The van der Waals surface area contributed by atoms with E-state index in [9.17, 15) is 9.18 Å². The molecule has 1 aliphatic rings. The van der Waals surface area contributed by atoms with Gasteiger partial charge >= 0.3 is 0 Å². The molecule has 1 aromatic heterocycles. The van der Waals surface area contributed by atoms with Gasteiger partial charge in [-0.3, -0.25) is 4.79 Å². The minimum Gasteiger partial charge on any atom is -0.334 e. The first-order chi connectivity index (χ1) is 10.6. The van der Waals surface area contributed by atoms with E-state index in [1.807, 2.05) is 23.6 Å². The monoisotopic (exact) mass is 311 g/mol. The molecule has 2 nitrogen and oxygen atoms in total. The molecule has 0 fully saturated rings. The first-order valence-electron chi connectivity index (χ1n) is 7.23. The van der Waals surface area contributed by atoms with Gasteiger partial charge in [-0.15, -0.1) is 11.3 Å². The van der Waals surface area contributed by atoms with Gasteiger partial charge in [0.05, 0.1) is 0 Å². The normalized spacial score (nSPS) is 17.0. The Kier molecular flexibility index (Phi) is 3.01. The van der Waals surface area contributed by atoms with Crippen LogP contribution in [0.4, 0.5) is 15.8 Å². The summed E-state index contributed by atoms with van der Waals surface area (Å²) in [6.45, 7) is 2.11. The average molecular weight is 311 g/mol. The molecule has 0 amide bonds. The molecule has 0 saturated carbocycles. The fraction of sp³-hybridized carbons (Fsp3) is 0.167. The van der Waals surface area contributed by atoms with Crippen molar-refractivity contribution in [1.82, 2.24) is 0 Å². The molecule has 4 rings (SSSR count). The Morgan fingerprint density at radius 1 is 1.18 bits per heavy atom. The van der Waals surface area contributed by atoms with Crippen LogP contribution in [0.5, 0.6) is 0 Å². The SMILES string of the molecule is CC1Cc2ccccc2N1c1csc2ccc(F)cc2c1=O. The van der Waals surface area contributed by atoms with Crippen LogP contribution in [0.3, 0.4) is 0 Å². The zero-order valence-corrected chi connectivity index (χ0v) is 12.9. The smallest absolute Gasteiger partial charge is 0.211 e. The second-order valence-corrected chi connectivity index (χ2v) is 6.55. The highest BCUT2D eigenvalue weighted by atomic mass is 32.1. The second kappa shape index (κ2) is 4.92. The Bertz CT molecular complexity index is 934. The van der Waals surface area contributed by atoms with Gasteiger partial charge in [0.1, 0.15) is 11.5 Å². The van der Waals surface area contributed by atoms with Crippen molar-refractivity contribution in [2.45, 2.75) is 19.4 Å². The zero-order valence-electron chi connectivity index (χ0n) is 12.0. The van der Waals surface area contributed by atoms with Gasteiger partial charge in [0.15, 0.2) is 0 Å². The van der Waals surface area contributed by atoms with Crippen molar-refractivity contribution in [1.29, 1.82) is 0 Å². The van der Waals surface area contributed by atoms with E-state index in [0.29, 0.717) is 11.1 Å². The number of hydrogen-bond acceptors (Lipinski definition) is 3. The highest BCUT2D eigenvalue weighted by Crippen LogP contribution is 2.37. The molecule has 1 aliphatic heterocycles. The van der Waals surface area contributed by atoms with E-state index in [-0.39, 0.29) is 17.3 Å². The number of rotatable bonds is 1. The van der Waals surface area contributed by atoms with E-state index in [0.717, 1.165) is 16.8 Å². The van der Waals surface area contributed by atoms with E-state index in [1.165, 1.54) is 29.0 Å². The summed E-state index contributed by atoms with van der Waals surface area (Å²) in [5.74, 6) is -0.371. The standard InChI is InChI=1S/C18H14FNOS/c1-11-8-12-4-2-3-5-15(12)20(11)16-10-22-17-7-6-13(19)9-14(17)18(16)21/h2-7,9-11H,8H2,1H3. The van der Waals surface area contributed by atoms with Crippen molar-refractivity contribution in [2.75, 3.05) is 4.90 Å². The maximum absolute atomic E-state index is 13.5. The van der Waals surface area contributed by atoms with Crippen molar-refractivity contribution in [3.8, 4) is 0 Å². The van der Waals surface area contributed by atoms with E-state index in [4.69, 9.17) is 0 Å². The number of anilines is 2. The van der Waals surface area contributed by atoms with Gasteiger partial charge in [0.2, 0.25) is 5.43 Å². The van der Waals surface area contributed by atoms with Gasteiger partial charge in [0.25, 0.3) is 0 Å². The zero-order chi connectivity index (χ0) is 15.3. The van der Waals surface area contributed by atoms with Crippen LogP contribution in [0.15, 0.2) is 52.6 Å². The Morgan fingerprint density at radius 2 is 2.00 bits per heavy atom. The lowest BCUT2D eigenvalue weighted by atomic mass is 10.1. The molecule has 2 aromatic carbocycles. The molecule has 1 unspecified atom stereocenters. The maximum atomic E-state index is 13.5. The predicted molar refractivity (Wildman–Crippen MR) is 89.8 cm³/mol. The summed E-state index contributed by atoms with van der Waals surface area (Å²) in [6, 6.07) is 12.8. The van der Waals surface area contributed by atoms with Gasteiger partial charge in [-0.2, -0.15) is 0 Å². The third-order valence-electron chi connectivity index (χ3n) is 4.18. The van der Waals surface area contributed by atoms with Crippen LogP contribution in [0.1, 0.15) is 12.5 Å². The Hall–Kier alpha value is -2.20. The second-order valence-electron chi connectivity index (χ2n) is 5.64. The summed E-state index contributed by atoms with van der Waals surface area (Å²) >= 11 is 1.48. The minimum absolute atomic E-state index is 0.100. The molecule has 0 N–H and O–H groups in total. The lowest BCUT2D eigenvalue weighted by molar-refractivity contribution is 0.630. The summed E-state index contributed by atoms with van der Waals surface area (Å²) in [4.78, 5) is 14.9. The number of nitrogens with zero attached hydrogens (tertiary/aromatic N) is 1. The molecular weight excluding hydrogens is 297 g/mol. The van der Waals surface area contributed by atoms with Crippen LogP contribution in [0.2, 0.25) is 0 Å². The molecule has 22 heavy (non-hydrogen) atoms. The Labute approximate surface area is 131 Å². The molecular formula is C18H14FNOS. The van der Waals surface area contributed by atoms with Crippen molar-refractivity contribution in [3.05, 3.63) is 69.4 Å². The minimum atomic E-state index is -0.371. The predicted octanol–water partition coefficient (Wildman–Crippen LogP) is 4.48. The highest BCUT2D eigenvalue weighted by Gasteiger charge is 2.28. The van der Waals surface area contributed by atoms with Crippen LogP contribution in [0.25, 0.3) is 10.1 Å². The van der Waals surface area contributed by atoms with Gasteiger partial charge < -0.3 is 4.90 Å². The summed E-state index contributed by atoms with van der Waals surface area (Å²) in [7, 11) is 0. The molecule has 110 valence electrons. The van der Waals surface area contributed by atoms with Gasteiger partial charge in [-0.25, -0.2) is 4.39 Å². The van der Waals surface area contributed by atoms with E-state index in [1.54, 1.807) is 6.07 Å². The number of para-hydroxylation sites is 1. The molecule has 0 spiro atoms. The van der Waals surface area contributed by atoms with E-state index in [2.05, 4.69) is 17.9 Å². The number of hydrogen-bond donors (Lipinski definition) is 0. The van der Waals surface area contributed by atoms with Crippen molar-refractivity contribution >= 4 is 32.8 Å². The highest BCUT2D eigenvalue weighted by molar-refractivity contribution is 7.16. The molecule has 3 aromatic rings. The van der Waals surface area contributed by atoms with Gasteiger partial charge in [-0.05, 0) is 43.2 Å². The summed E-state index contributed by atoms with van der Waals surface area (Å²) in [6.07, 6.45) is 0.918. The number of halogens is 1. The lowest BCUT2D eigenvalue weighted by Gasteiger charge is -2.24. The maximum Gasteiger partial charge on any atom is 0.211 e. The van der Waals surface area contributed by atoms with E-state index >= 15 is 0 Å². The first kappa shape index (κ1) is 13.5. The lowest BCUT2D eigenvalue weighted by Crippen LogP contribution is -2.28. The number of fused-ring (bicyclic) bond motifs is 2. The van der Waals surface area contributed by atoms with Crippen molar-refractivity contribution < 1.29 is 4.39 Å². The first-order valence-corrected chi connectivity index (χ1v) is 8.11. The fourth-order valence-corrected chi connectivity index (χ4v) is 4.08. The summed E-state index contributed by atoms with van der Waals surface area (Å²) < 4.78 is 14.3. The van der Waals surface area contributed by atoms with Crippen LogP contribution in [-0.4, -0.2) is 6.04 Å². The largest absolute Gasteiger partial charge is 0.334 e. The number of benzene rings is 2. The van der Waals surface area contributed by atoms with Gasteiger partial charge in [-0.1, -0.05) is 18.2 Å². The third kappa shape index (κ3) is 1.95. The summed E-state index contributed by atoms with van der Waals surface area (Å²) in [5.41, 5.74) is 2.87. The van der Waals surface area contributed by atoms with Crippen LogP contribution >= 0.6 is 11.3 Å². The molecule has 0 aliphatic carbocycles. The van der Waals surface area contributed by atoms with E-state index < -0.39 is 0 Å². The van der Waals surface area contributed by atoms with Gasteiger partial charge in [0, 0.05) is 27.2 Å². The van der Waals surface area contributed by atoms with Crippen LogP contribution < -0.4 is 10.3 Å². The molecule has 4 heteroatoms.